The fourth-order valence-corrected chi connectivity index (χ4v) is 5.07. The lowest BCUT2D eigenvalue weighted by Crippen LogP contribution is -2.46. The predicted octanol–water partition coefficient (Wildman–Crippen LogP) is 1.65. The van der Waals surface area contributed by atoms with Crippen LogP contribution in [0.25, 0.3) is 0 Å². The van der Waals surface area contributed by atoms with Gasteiger partial charge in [-0.2, -0.15) is 11.8 Å². The first-order valence-electron chi connectivity index (χ1n) is 5.58. The molecular formula is C11H15ClN2O2S2. The lowest BCUT2D eigenvalue weighted by molar-refractivity contribution is 0.262. The summed E-state index contributed by atoms with van der Waals surface area (Å²) in [5.41, 5.74) is 0.875. The number of pyridine rings is 1. The van der Waals surface area contributed by atoms with Crippen LogP contribution in [0.4, 0.5) is 0 Å². The van der Waals surface area contributed by atoms with E-state index in [1.165, 1.54) is 6.26 Å². The minimum Gasteiger partial charge on any atom is -0.281 e. The Balaban J connectivity index is 2.18. The van der Waals surface area contributed by atoms with Crippen molar-refractivity contribution in [3.05, 3.63) is 29.0 Å². The minimum absolute atomic E-state index is 0.424. The first-order valence-corrected chi connectivity index (χ1v) is 9.07. The first-order chi connectivity index (χ1) is 8.48. The molecule has 18 heavy (non-hydrogen) atoms. The quantitative estimate of drug-likeness (QED) is 0.795. The number of hydrogen-bond acceptors (Lipinski definition) is 5. The van der Waals surface area contributed by atoms with Crippen molar-refractivity contribution in [2.24, 2.45) is 0 Å². The lowest BCUT2D eigenvalue weighted by atomic mass is 10.2. The molecule has 1 unspecified atom stereocenters. The van der Waals surface area contributed by atoms with Crippen LogP contribution in [0, 0.1) is 0 Å². The zero-order valence-electron chi connectivity index (χ0n) is 10.0. The average molecular weight is 307 g/mol. The highest BCUT2D eigenvalue weighted by Crippen LogP contribution is 2.24. The van der Waals surface area contributed by atoms with Gasteiger partial charge >= 0.3 is 0 Å². The largest absolute Gasteiger partial charge is 0.281 e. The molecule has 0 amide bonds. The third kappa shape index (κ3) is 3.38. The predicted molar refractivity (Wildman–Crippen MR) is 75.6 cm³/mol. The van der Waals surface area contributed by atoms with Crippen LogP contribution >= 0.6 is 23.4 Å². The van der Waals surface area contributed by atoms with Crippen LogP contribution in [0.2, 0.25) is 5.15 Å². The summed E-state index contributed by atoms with van der Waals surface area (Å²) in [6.45, 7) is 1.29. The van der Waals surface area contributed by atoms with E-state index in [4.69, 9.17) is 11.6 Å². The first kappa shape index (κ1) is 14.1. The molecule has 0 aromatic carbocycles. The highest BCUT2D eigenvalue weighted by molar-refractivity contribution is 8.00. The number of aromatic nitrogens is 1. The van der Waals surface area contributed by atoms with Gasteiger partial charge in [-0.25, -0.2) is 13.4 Å². The second-order valence-electron chi connectivity index (χ2n) is 4.28. The molecule has 0 N–H and O–H groups in total. The van der Waals surface area contributed by atoms with Gasteiger partial charge in [0.1, 0.15) is 10.5 Å². The molecule has 4 nitrogen and oxygen atoms in total. The maximum Gasteiger partial charge on any atom is 0.164 e. The summed E-state index contributed by atoms with van der Waals surface area (Å²) in [6, 6.07) is 3.70. The monoisotopic (exact) mass is 306 g/mol. The van der Waals surface area contributed by atoms with E-state index < -0.39 is 15.2 Å². The average Bonchev–Trinajstić information content (AvgIpc) is 2.31. The molecule has 1 aliphatic rings. The van der Waals surface area contributed by atoms with Gasteiger partial charge in [-0.15, -0.1) is 0 Å². The zero-order chi connectivity index (χ0) is 13.2. The van der Waals surface area contributed by atoms with E-state index in [1.807, 2.05) is 17.0 Å². The fraction of sp³-hybridized carbons (Fsp3) is 0.545. The molecule has 1 saturated heterocycles. The van der Waals surface area contributed by atoms with Crippen molar-refractivity contribution in [1.29, 1.82) is 0 Å². The molecule has 1 atom stereocenters. The summed E-state index contributed by atoms with van der Waals surface area (Å²) >= 11 is 7.69. The number of halogens is 1. The van der Waals surface area contributed by atoms with Crippen LogP contribution in [0.15, 0.2) is 18.3 Å². The fourth-order valence-electron chi connectivity index (χ4n) is 1.95. The summed E-state index contributed by atoms with van der Waals surface area (Å²) in [7, 11) is -3.07. The topological polar surface area (TPSA) is 50.3 Å². The van der Waals surface area contributed by atoms with Crippen molar-refractivity contribution in [3.63, 3.8) is 0 Å². The molecule has 1 fully saturated rings. The van der Waals surface area contributed by atoms with Crippen molar-refractivity contribution in [3.8, 4) is 0 Å². The summed E-state index contributed by atoms with van der Waals surface area (Å²) in [5, 5.41) is 0.0236. The number of sulfone groups is 1. The van der Waals surface area contributed by atoms with Gasteiger partial charge in [0, 0.05) is 42.6 Å². The summed E-state index contributed by atoms with van der Waals surface area (Å²) in [5.74, 6) is 1.57. The molecule has 1 aromatic rings. The van der Waals surface area contributed by atoms with E-state index in [-0.39, 0.29) is 0 Å². The van der Waals surface area contributed by atoms with E-state index in [2.05, 4.69) is 4.98 Å². The van der Waals surface area contributed by atoms with Crippen LogP contribution in [0.5, 0.6) is 0 Å². The van der Waals surface area contributed by atoms with Crippen LogP contribution in [0.3, 0.4) is 0 Å². The van der Waals surface area contributed by atoms with Gasteiger partial charge in [-0.05, 0) is 6.07 Å². The minimum atomic E-state index is -3.07. The Morgan fingerprint density at radius 1 is 1.61 bits per heavy atom. The van der Waals surface area contributed by atoms with Gasteiger partial charge in [0.05, 0.1) is 0 Å². The molecule has 2 rings (SSSR count). The number of rotatable bonds is 3. The Kier molecular flexibility index (Phi) is 4.53. The molecule has 0 bridgehead atoms. The van der Waals surface area contributed by atoms with Gasteiger partial charge in [0.15, 0.2) is 9.84 Å². The van der Waals surface area contributed by atoms with Crippen molar-refractivity contribution in [1.82, 2.24) is 9.88 Å². The van der Waals surface area contributed by atoms with Crippen molar-refractivity contribution in [2.75, 3.05) is 24.3 Å². The maximum atomic E-state index is 11.8. The Morgan fingerprint density at radius 3 is 3.06 bits per heavy atom. The molecule has 0 spiro atoms. The Morgan fingerprint density at radius 2 is 2.39 bits per heavy atom. The Bertz CT molecular complexity index is 522. The standard InChI is InChI=1S/C11H15ClN2O2S2/c1-18(15,16)10-8-17-6-5-14(10)7-9-3-2-4-13-11(9)12/h2-4,10H,5-8H2,1H3. The normalized spacial score (nSPS) is 22.0. The Hall–Kier alpha value is -0.300. The van der Waals surface area contributed by atoms with Gasteiger partial charge in [0.2, 0.25) is 0 Å². The molecule has 0 saturated carbocycles. The van der Waals surface area contributed by atoms with Gasteiger partial charge in [-0.1, -0.05) is 17.7 Å². The van der Waals surface area contributed by atoms with Gasteiger partial charge < -0.3 is 0 Å². The molecule has 0 aliphatic carbocycles. The van der Waals surface area contributed by atoms with E-state index >= 15 is 0 Å². The molecule has 100 valence electrons. The number of thioether (sulfide) groups is 1. The third-order valence-electron chi connectivity index (χ3n) is 2.89. The number of hydrogen-bond donors (Lipinski definition) is 0. The number of nitrogens with zero attached hydrogens (tertiary/aromatic N) is 2. The van der Waals surface area contributed by atoms with Gasteiger partial charge in [-0.3, -0.25) is 4.90 Å². The van der Waals surface area contributed by atoms with E-state index in [0.717, 1.165) is 17.9 Å². The second kappa shape index (κ2) is 5.77. The SMILES string of the molecule is CS(=O)(=O)C1CSCCN1Cc1cccnc1Cl. The van der Waals surface area contributed by atoms with Crippen molar-refractivity contribution >= 4 is 33.2 Å². The van der Waals surface area contributed by atoms with E-state index in [1.54, 1.807) is 18.0 Å². The highest BCUT2D eigenvalue weighted by atomic mass is 35.5. The summed E-state index contributed by atoms with van der Waals surface area (Å²) in [6.07, 6.45) is 2.92. The molecule has 2 heterocycles. The zero-order valence-corrected chi connectivity index (χ0v) is 12.4. The molecular weight excluding hydrogens is 292 g/mol. The van der Waals surface area contributed by atoms with Gasteiger partial charge in [0.25, 0.3) is 0 Å². The van der Waals surface area contributed by atoms with E-state index in [9.17, 15) is 8.42 Å². The van der Waals surface area contributed by atoms with Crippen LogP contribution in [-0.2, 0) is 16.4 Å². The van der Waals surface area contributed by atoms with Crippen LogP contribution < -0.4 is 0 Å². The third-order valence-corrected chi connectivity index (χ3v) is 5.92. The second-order valence-corrected chi connectivity index (χ2v) is 7.99. The van der Waals surface area contributed by atoms with Crippen molar-refractivity contribution in [2.45, 2.75) is 11.9 Å². The molecule has 1 aromatic heterocycles. The molecule has 7 heteroatoms. The van der Waals surface area contributed by atoms with Crippen LogP contribution in [-0.4, -0.2) is 48.0 Å². The van der Waals surface area contributed by atoms with Crippen LogP contribution in [0.1, 0.15) is 5.56 Å². The summed E-state index contributed by atoms with van der Waals surface area (Å²) < 4.78 is 23.5. The smallest absolute Gasteiger partial charge is 0.164 e. The highest BCUT2D eigenvalue weighted by Gasteiger charge is 2.31. The van der Waals surface area contributed by atoms with E-state index in [0.29, 0.717) is 17.5 Å². The Labute approximate surface area is 117 Å². The molecule has 1 aliphatic heterocycles. The summed E-state index contributed by atoms with van der Waals surface area (Å²) in [4.78, 5) is 5.98. The maximum absolute atomic E-state index is 11.8. The molecule has 0 radical (unpaired) electrons. The van der Waals surface area contributed by atoms with Crippen molar-refractivity contribution < 1.29 is 8.42 Å². The lowest BCUT2D eigenvalue weighted by Gasteiger charge is -2.34.